The van der Waals surface area contributed by atoms with Crippen LogP contribution in [0.4, 0.5) is 0 Å². The summed E-state index contributed by atoms with van der Waals surface area (Å²) in [5, 5.41) is 0. The lowest BCUT2D eigenvalue weighted by molar-refractivity contribution is -0.152. The van der Waals surface area contributed by atoms with Crippen molar-refractivity contribution in [1.82, 2.24) is 0 Å². The van der Waals surface area contributed by atoms with Crippen molar-refractivity contribution < 1.29 is 14.3 Å². The van der Waals surface area contributed by atoms with E-state index in [9.17, 15) is 4.79 Å². The van der Waals surface area contributed by atoms with E-state index in [-0.39, 0.29) is 11.9 Å². The maximum absolute atomic E-state index is 11.8. The second kappa shape index (κ2) is 4.35. The first-order valence-electron chi connectivity index (χ1n) is 5.58. The monoisotopic (exact) mass is 210 g/mol. The zero-order valence-corrected chi connectivity index (χ0v) is 9.31. The minimum absolute atomic E-state index is 0.0450. The highest BCUT2D eigenvalue weighted by Crippen LogP contribution is 2.48. The van der Waals surface area contributed by atoms with Gasteiger partial charge in [0.05, 0.1) is 12.5 Å². The van der Waals surface area contributed by atoms with Gasteiger partial charge in [-0.05, 0) is 24.2 Å². The molecule has 0 aromatic carbocycles. The fraction of sp³-hybridized carbons (Fsp3) is 0.750. The molecule has 15 heavy (non-hydrogen) atoms. The first kappa shape index (κ1) is 10.7. The van der Waals surface area contributed by atoms with E-state index in [2.05, 4.69) is 19.1 Å². The van der Waals surface area contributed by atoms with Crippen LogP contribution < -0.4 is 0 Å². The summed E-state index contributed by atoms with van der Waals surface area (Å²) < 4.78 is 10.0. The molecule has 0 aliphatic heterocycles. The van der Waals surface area contributed by atoms with E-state index in [0.29, 0.717) is 31.0 Å². The van der Waals surface area contributed by atoms with Gasteiger partial charge in [0.25, 0.3) is 0 Å². The van der Waals surface area contributed by atoms with E-state index in [1.165, 1.54) is 0 Å². The molecule has 3 heteroatoms. The molecule has 0 N–H and O–H groups in total. The minimum Gasteiger partial charge on any atom is -0.463 e. The predicted molar refractivity (Wildman–Crippen MR) is 56.2 cm³/mol. The molecule has 1 fully saturated rings. The van der Waals surface area contributed by atoms with E-state index in [0.717, 1.165) is 6.42 Å². The van der Waals surface area contributed by atoms with Crippen molar-refractivity contribution in [3.05, 3.63) is 12.2 Å². The van der Waals surface area contributed by atoms with Crippen molar-refractivity contribution in [2.45, 2.75) is 13.3 Å². The molecule has 4 unspecified atom stereocenters. The summed E-state index contributed by atoms with van der Waals surface area (Å²) in [5.41, 5.74) is 0. The van der Waals surface area contributed by atoms with Gasteiger partial charge < -0.3 is 9.47 Å². The van der Waals surface area contributed by atoms with Crippen LogP contribution in [0.1, 0.15) is 13.3 Å². The number of hydrogen-bond acceptors (Lipinski definition) is 3. The lowest BCUT2D eigenvalue weighted by Crippen LogP contribution is -2.28. The van der Waals surface area contributed by atoms with Crippen LogP contribution >= 0.6 is 0 Å². The molecule has 0 heterocycles. The van der Waals surface area contributed by atoms with Crippen LogP contribution in [0.2, 0.25) is 0 Å². The Hall–Kier alpha value is -0.830. The zero-order chi connectivity index (χ0) is 10.8. The number of fused-ring (bicyclic) bond motifs is 2. The topological polar surface area (TPSA) is 35.5 Å². The maximum atomic E-state index is 11.8. The lowest BCUT2D eigenvalue weighted by atomic mass is 9.84. The summed E-state index contributed by atoms with van der Waals surface area (Å²) in [6, 6.07) is 0. The normalized spacial score (nSPS) is 37.2. The highest BCUT2D eigenvalue weighted by Gasteiger charge is 2.46. The largest absolute Gasteiger partial charge is 0.463 e. The number of ether oxygens (including phenoxy) is 2. The van der Waals surface area contributed by atoms with Crippen molar-refractivity contribution in [2.75, 3.05) is 20.3 Å². The first-order valence-corrected chi connectivity index (χ1v) is 5.58. The van der Waals surface area contributed by atoms with Crippen LogP contribution in [-0.4, -0.2) is 26.3 Å². The minimum atomic E-state index is -0.0450. The fourth-order valence-corrected chi connectivity index (χ4v) is 2.78. The highest BCUT2D eigenvalue weighted by molar-refractivity contribution is 5.74. The Morgan fingerprint density at radius 2 is 2.07 bits per heavy atom. The Morgan fingerprint density at radius 1 is 1.33 bits per heavy atom. The third-order valence-electron chi connectivity index (χ3n) is 3.66. The molecule has 2 aliphatic rings. The molecule has 2 aliphatic carbocycles. The number of allylic oxidation sites excluding steroid dienone is 2. The molecular formula is C12H18O3. The smallest absolute Gasteiger partial charge is 0.309 e. The number of carbonyl (C=O) groups is 1. The molecule has 3 nitrogen and oxygen atoms in total. The van der Waals surface area contributed by atoms with E-state index in [1.807, 2.05) is 0 Å². The summed E-state index contributed by atoms with van der Waals surface area (Å²) in [5.74, 6) is 1.48. The molecule has 0 aromatic heterocycles. The van der Waals surface area contributed by atoms with Crippen molar-refractivity contribution in [1.29, 1.82) is 0 Å². The summed E-state index contributed by atoms with van der Waals surface area (Å²) in [4.78, 5) is 11.8. The SMILES string of the molecule is COCCOC(=O)C1C2C=CC(C2)C1C. The van der Waals surface area contributed by atoms with Crippen molar-refractivity contribution >= 4 is 5.97 Å². The number of hydrogen-bond donors (Lipinski definition) is 0. The van der Waals surface area contributed by atoms with E-state index in [4.69, 9.17) is 9.47 Å². The Bertz CT molecular complexity index is 272. The third-order valence-corrected chi connectivity index (χ3v) is 3.66. The number of rotatable bonds is 4. The summed E-state index contributed by atoms with van der Waals surface area (Å²) in [6.07, 6.45) is 5.55. The van der Waals surface area contributed by atoms with Crippen LogP contribution in [0.5, 0.6) is 0 Å². The fourth-order valence-electron chi connectivity index (χ4n) is 2.78. The van der Waals surface area contributed by atoms with Gasteiger partial charge in [0.1, 0.15) is 6.61 Å². The zero-order valence-electron chi connectivity index (χ0n) is 9.31. The maximum Gasteiger partial charge on any atom is 0.309 e. The van der Waals surface area contributed by atoms with Gasteiger partial charge in [-0.1, -0.05) is 19.1 Å². The van der Waals surface area contributed by atoms with E-state index < -0.39 is 0 Å². The molecule has 0 saturated heterocycles. The van der Waals surface area contributed by atoms with Crippen LogP contribution in [0.25, 0.3) is 0 Å². The summed E-state index contributed by atoms with van der Waals surface area (Å²) in [7, 11) is 1.61. The van der Waals surface area contributed by atoms with Gasteiger partial charge >= 0.3 is 5.97 Å². The van der Waals surface area contributed by atoms with Crippen LogP contribution in [0.3, 0.4) is 0 Å². The Labute approximate surface area is 90.4 Å². The Morgan fingerprint density at radius 3 is 2.67 bits per heavy atom. The quantitative estimate of drug-likeness (QED) is 0.402. The van der Waals surface area contributed by atoms with Gasteiger partial charge in [0.15, 0.2) is 0 Å². The molecule has 0 radical (unpaired) electrons. The standard InChI is InChI=1S/C12H18O3/c1-8-9-3-4-10(7-9)11(8)12(13)15-6-5-14-2/h3-4,8-11H,5-7H2,1-2H3. The average molecular weight is 210 g/mol. The van der Waals surface area contributed by atoms with Gasteiger partial charge in [-0.15, -0.1) is 0 Å². The van der Waals surface area contributed by atoms with Crippen molar-refractivity contribution in [2.24, 2.45) is 23.7 Å². The Balaban J connectivity index is 1.88. The summed E-state index contributed by atoms with van der Waals surface area (Å²) >= 11 is 0. The van der Waals surface area contributed by atoms with E-state index in [1.54, 1.807) is 7.11 Å². The van der Waals surface area contributed by atoms with Gasteiger partial charge in [0.2, 0.25) is 0 Å². The Kier molecular flexibility index (Phi) is 3.10. The third kappa shape index (κ3) is 1.93. The molecule has 0 aromatic rings. The molecule has 2 bridgehead atoms. The molecule has 84 valence electrons. The molecule has 4 atom stereocenters. The number of methoxy groups -OCH3 is 1. The summed E-state index contributed by atoms with van der Waals surface area (Å²) in [6.45, 7) is 3.01. The second-order valence-electron chi connectivity index (χ2n) is 4.49. The van der Waals surface area contributed by atoms with Gasteiger partial charge in [-0.3, -0.25) is 4.79 Å². The predicted octanol–water partition coefficient (Wildman–Crippen LogP) is 1.63. The average Bonchev–Trinajstić information content (AvgIpc) is 2.78. The highest BCUT2D eigenvalue weighted by atomic mass is 16.6. The van der Waals surface area contributed by atoms with Crippen molar-refractivity contribution in [3.8, 4) is 0 Å². The van der Waals surface area contributed by atoms with Crippen LogP contribution in [0, 0.1) is 23.7 Å². The number of esters is 1. The first-order chi connectivity index (χ1) is 7.24. The molecule has 0 spiro atoms. The molecular weight excluding hydrogens is 192 g/mol. The van der Waals surface area contributed by atoms with Crippen molar-refractivity contribution in [3.63, 3.8) is 0 Å². The van der Waals surface area contributed by atoms with Gasteiger partial charge in [0, 0.05) is 7.11 Å². The second-order valence-corrected chi connectivity index (χ2v) is 4.49. The molecule has 1 saturated carbocycles. The molecule has 2 rings (SSSR count). The molecule has 0 amide bonds. The number of carbonyl (C=O) groups excluding carboxylic acids is 1. The van der Waals surface area contributed by atoms with Gasteiger partial charge in [-0.2, -0.15) is 0 Å². The lowest BCUT2D eigenvalue weighted by Gasteiger charge is -2.22. The van der Waals surface area contributed by atoms with E-state index >= 15 is 0 Å². The van der Waals surface area contributed by atoms with Gasteiger partial charge in [-0.25, -0.2) is 0 Å². The van der Waals surface area contributed by atoms with Crippen LogP contribution in [0.15, 0.2) is 12.2 Å². The van der Waals surface area contributed by atoms with Crippen LogP contribution in [-0.2, 0) is 14.3 Å².